The maximum absolute atomic E-state index is 12.3. The molecule has 23 heavy (non-hydrogen) atoms. The summed E-state index contributed by atoms with van der Waals surface area (Å²) in [6.07, 6.45) is 0. The highest BCUT2D eigenvalue weighted by Gasteiger charge is 2.20. The average molecular weight is 312 g/mol. The van der Waals surface area contributed by atoms with E-state index in [9.17, 15) is 4.79 Å². The van der Waals surface area contributed by atoms with Crippen molar-refractivity contribution < 1.29 is 14.3 Å². The molecule has 120 valence electrons. The van der Waals surface area contributed by atoms with Gasteiger partial charge in [-0.15, -0.1) is 0 Å². The van der Waals surface area contributed by atoms with Gasteiger partial charge in [-0.1, -0.05) is 24.3 Å². The molecule has 1 N–H and O–H groups in total. The van der Waals surface area contributed by atoms with Gasteiger partial charge >= 0.3 is 0 Å². The van der Waals surface area contributed by atoms with Crippen molar-refractivity contribution in [3.63, 3.8) is 0 Å². The smallest absolute Gasteiger partial charge is 0.238 e. The number of carbonyl (C=O) groups excluding carboxylic acids is 1. The van der Waals surface area contributed by atoms with Gasteiger partial charge in [-0.05, 0) is 23.3 Å². The normalized spacial score (nSPS) is 13.5. The first-order chi connectivity index (χ1) is 11.2. The van der Waals surface area contributed by atoms with Crippen molar-refractivity contribution in [3.05, 3.63) is 53.6 Å². The minimum Gasteiger partial charge on any atom is -0.497 e. The third-order valence-corrected chi connectivity index (χ3v) is 3.96. The maximum Gasteiger partial charge on any atom is 0.238 e. The predicted molar refractivity (Wildman–Crippen MR) is 88.7 cm³/mol. The second kappa shape index (κ2) is 6.71. The van der Waals surface area contributed by atoms with E-state index in [0.717, 1.165) is 13.1 Å². The van der Waals surface area contributed by atoms with Gasteiger partial charge < -0.3 is 14.8 Å². The summed E-state index contributed by atoms with van der Waals surface area (Å²) in [5.41, 5.74) is 3.24. The summed E-state index contributed by atoms with van der Waals surface area (Å²) in [6.45, 7) is 1.97. The Morgan fingerprint density at radius 1 is 1.09 bits per heavy atom. The van der Waals surface area contributed by atoms with Crippen LogP contribution in [0.4, 0.5) is 5.69 Å². The number of anilines is 1. The Morgan fingerprint density at radius 3 is 2.39 bits per heavy atom. The standard InChI is InChI=1S/C18H20N2O3/c1-22-15-7-8-16(17(9-15)23-2)19-18(21)12-20-10-13-5-3-4-6-14(13)11-20/h3-9H,10-12H2,1-2H3,(H,19,21). The highest BCUT2D eigenvalue weighted by atomic mass is 16.5. The SMILES string of the molecule is COc1ccc(NC(=O)CN2Cc3ccccc3C2)c(OC)c1. The molecule has 0 radical (unpaired) electrons. The molecular weight excluding hydrogens is 292 g/mol. The molecule has 0 fully saturated rings. The van der Waals surface area contributed by atoms with Crippen LogP contribution in [0.2, 0.25) is 0 Å². The van der Waals surface area contributed by atoms with E-state index in [1.807, 2.05) is 12.1 Å². The Balaban J connectivity index is 1.62. The lowest BCUT2D eigenvalue weighted by Gasteiger charge is -2.16. The molecule has 1 aliphatic heterocycles. The second-order valence-electron chi connectivity index (χ2n) is 5.53. The van der Waals surface area contributed by atoms with Crippen molar-refractivity contribution in [2.75, 3.05) is 26.1 Å². The molecule has 0 bridgehead atoms. The number of fused-ring (bicyclic) bond motifs is 1. The van der Waals surface area contributed by atoms with Crippen LogP contribution in [-0.2, 0) is 17.9 Å². The van der Waals surface area contributed by atoms with E-state index >= 15 is 0 Å². The van der Waals surface area contributed by atoms with Gasteiger partial charge in [0, 0.05) is 19.2 Å². The van der Waals surface area contributed by atoms with Gasteiger partial charge in [0.2, 0.25) is 5.91 Å². The minimum atomic E-state index is -0.0544. The number of amides is 1. The van der Waals surface area contributed by atoms with Crippen molar-refractivity contribution in [2.45, 2.75) is 13.1 Å². The molecule has 0 saturated heterocycles. The molecule has 0 aliphatic carbocycles. The number of ether oxygens (including phenoxy) is 2. The molecule has 0 unspecified atom stereocenters. The van der Waals surface area contributed by atoms with Crippen molar-refractivity contribution in [1.29, 1.82) is 0 Å². The number of hydrogen-bond acceptors (Lipinski definition) is 4. The zero-order valence-corrected chi connectivity index (χ0v) is 13.3. The monoisotopic (exact) mass is 312 g/mol. The summed E-state index contributed by atoms with van der Waals surface area (Å²) < 4.78 is 10.5. The number of methoxy groups -OCH3 is 2. The van der Waals surface area contributed by atoms with Crippen molar-refractivity contribution in [1.82, 2.24) is 4.90 Å². The van der Waals surface area contributed by atoms with Gasteiger partial charge in [0.1, 0.15) is 11.5 Å². The summed E-state index contributed by atoms with van der Waals surface area (Å²) in [7, 11) is 3.17. The highest BCUT2D eigenvalue weighted by molar-refractivity contribution is 5.93. The Morgan fingerprint density at radius 2 is 1.78 bits per heavy atom. The van der Waals surface area contributed by atoms with Crippen LogP contribution >= 0.6 is 0 Å². The van der Waals surface area contributed by atoms with Crippen LogP contribution in [0.25, 0.3) is 0 Å². The van der Waals surface area contributed by atoms with E-state index in [4.69, 9.17) is 9.47 Å². The number of nitrogens with one attached hydrogen (secondary N) is 1. The quantitative estimate of drug-likeness (QED) is 0.922. The summed E-state index contributed by atoms with van der Waals surface area (Å²) in [6, 6.07) is 13.6. The van der Waals surface area contributed by atoms with Gasteiger partial charge in [-0.25, -0.2) is 0 Å². The zero-order valence-electron chi connectivity index (χ0n) is 13.3. The van der Waals surface area contributed by atoms with E-state index < -0.39 is 0 Å². The fourth-order valence-electron chi connectivity index (χ4n) is 2.81. The van der Waals surface area contributed by atoms with Crippen LogP contribution in [-0.4, -0.2) is 31.6 Å². The van der Waals surface area contributed by atoms with Crippen molar-refractivity contribution in [3.8, 4) is 11.5 Å². The van der Waals surface area contributed by atoms with Crippen molar-refractivity contribution >= 4 is 11.6 Å². The first-order valence-corrected chi connectivity index (χ1v) is 7.50. The summed E-state index contributed by atoms with van der Waals surface area (Å²) >= 11 is 0. The van der Waals surface area contributed by atoms with Crippen LogP contribution in [0.1, 0.15) is 11.1 Å². The Bertz CT molecular complexity index is 690. The van der Waals surface area contributed by atoms with Gasteiger partial charge in [-0.2, -0.15) is 0 Å². The van der Waals surface area contributed by atoms with Gasteiger partial charge in [0.05, 0.1) is 26.5 Å². The summed E-state index contributed by atoms with van der Waals surface area (Å²) in [5, 5.41) is 2.91. The molecule has 0 spiro atoms. The van der Waals surface area contributed by atoms with Gasteiger partial charge in [0.25, 0.3) is 0 Å². The molecule has 2 aromatic carbocycles. The first-order valence-electron chi connectivity index (χ1n) is 7.50. The van der Waals surface area contributed by atoms with E-state index in [-0.39, 0.29) is 5.91 Å². The van der Waals surface area contributed by atoms with E-state index in [0.29, 0.717) is 23.7 Å². The van der Waals surface area contributed by atoms with Crippen molar-refractivity contribution in [2.24, 2.45) is 0 Å². The third kappa shape index (κ3) is 3.46. The number of carbonyl (C=O) groups is 1. The lowest BCUT2D eigenvalue weighted by atomic mass is 10.1. The molecule has 1 heterocycles. The molecule has 5 heteroatoms. The van der Waals surface area contributed by atoms with Gasteiger partial charge in [-0.3, -0.25) is 9.69 Å². The van der Waals surface area contributed by atoms with E-state index in [1.54, 1.807) is 32.4 Å². The molecule has 0 atom stereocenters. The van der Waals surface area contributed by atoms with Crippen LogP contribution in [0, 0.1) is 0 Å². The minimum absolute atomic E-state index is 0.0544. The lowest BCUT2D eigenvalue weighted by molar-refractivity contribution is -0.117. The summed E-state index contributed by atoms with van der Waals surface area (Å²) in [5.74, 6) is 1.22. The topological polar surface area (TPSA) is 50.8 Å². The molecule has 1 amide bonds. The molecule has 3 rings (SSSR count). The Labute approximate surface area is 135 Å². The fraction of sp³-hybridized carbons (Fsp3) is 0.278. The zero-order chi connectivity index (χ0) is 16.2. The van der Waals surface area contributed by atoms with Crippen LogP contribution in [0.15, 0.2) is 42.5 Å². The van der Waals surface area contributed by atoms with E-state index in [1.165, 1.54) is 11.1 Å². The predicted octanol–water partition coefficient (Wildman–Crippen LogP) is 2.66. The highest BCUT2D eigenvalue weighted by Crippen LogP contribution is 2.29. The number of nitrogens with zero attached hydrogens (tertiary/aromatic N) is 1. The Kier molecular flexibility index (Phi) is 4.48. The fourth-order valence-corrected chi connectivity index (χ4v) is 2.81. The molecular formula is C18H20N2O3. The average Bonchev–Trinajstić information content (AvgIpc) is 2.97. The maximum atomic E-state index is 12.3. The summed E-state index contributed by atoms with van der Waals surface area (Å²) in [4.78, 5) is 14.4. The Hall–Kier alpha value is -2.53. The first kappa shape index (κ1) is 15.4. The van der Waals surface area contributed by atoms with Crippen LogP contribution in [0.5, 0.6) is 11.5 Å². The number of benzene rings is 2. The lowest BCUT2D eigenvalue weighted by Crippen LogP contribution is -2.29. The van der Waals surface area contributed by atoms with E-state index in [2.05, 4.69) is 22.3 Å². The number of hydrogen-bond donors (Lipinski definition) is 1. The molecule has 2 aromatic rings. The number of rotatable bonds is 5. The molecule has 1 aliphatic rings. The largest absolute Gasteiger partial charge is 0.497 e. The van der Waals surface area contributed by atoms with Crippen LogP contribution in [0.3, 0.4) is 0 Å². The second-order valence-corrected chi connectivity index (χ2v) is 5.53. The molecule has 5 nitrogen and oxygen atoms in total. The molecule has 0 saturated carbocycles. The van der Waals surface area contributed by atoms with Crippen LogP contribution < -0.4 is 14.8 Å². The third-order valence-electron chi connectivity index (χ3n) is 3.96. The molecule has 0 aromatic heterocycles. The van der Waals surface area contributed by atoms with Gasteiger partial charge in [0.15, 0.2) is 0 Å².